The highest BCUT2D eigenvalue weighted by Crippen LogP contribution is 2.25. The van der Waals surface area contributed by atoms with Gasteiger partial charge < -0.3 is 15.6 Å². The molecule has 7 nitrogen and oxygen atoms in total. The third-order valence-electron chi connectivity index (χ3n) is 3.26. The lowest BCUT2D eigenvalue weighted by Gasteiger charge is -2.16. The van der Waals surface area contributed by atoms with Crippen molar-refractivity contribution in [3.8, 4) is 0 Å². The van der Waals surface area contributed by atoms with Crippen LogP contribution in [0, 0.1) is 10.1 Å². The van der Waals surface area contributed by atoms with Gasteiger partial charge in [0.05, 0.1) is 10.6 Å². The van der Waals surface area contributed by atoms with Gasteiger partial charge >= 0.3 is 0 Å². The Morgan fingerprint density at radius 1 is 1.42 bits per heavy atom. The van der Waals surface area contributed by atoms with Crippen LogP contribution < -0.4 is 16.6 Å². The average Bonchev–Trinajstić information content (AvgIpc) is 3.22. The molecule has 0 aliphatic heterocycles. The fourth-order valence-corrected chi connectivity index (χ4v) is 1.98. The molecule has 0 spiro atoms. The van der Waals surface area contributed by atoms with Crippen molar-refractivity contribution >= 4 is 17.1 Å². The molecule has 0 atom stereocenters. The number of nitro benzene ring substituents is 1. The Morgan fingerprint density at radius 2 is 2.11 bits per heavy atom. The van der Waals surface area contributed by atoms with E-state index in [9.17, 15) is 10.1 Å². The van der Waals surface area contributed by atoms with Gasteiger partial charge in [-0.15, -0.1) is 0 Å². The summed E-state index contributed by atoms with van der Waals surface area (Å²) >= 11 is 0. The number of nitrogens with two attached hydrogens (primary N) is 1. The molecule has 1 aliphatic rings. The lowest BCUT2D eigenvalue weighted by molar-refractivity contribution is -0.384. The van der Waals surface area contributed by atoms with Gasteiger partial charge in [-0.2, -0.15) is 0 Å². The number of hydrazine groups is 1. The molecule has 1 saturated carbocycles. The van der Waals surface area contributed by atoms with Crippen LogP contribution >= 0.6 is 0 Å². The number of anilines is 2. The predicted octanol–water partition coefficient (Wildman–Crippen LogP) is 1.39. The van der Waals surface area contributed by atoms with Gasteiger partial charge in [0, 0.05) is 37.0 Å². The normalized spacial score (nSPS) is 14.5. The number of hydrogen-bond acceptors (Lipinski definition) is 6. The second-order valence-electron chi connectivity index (χ2n) is 4.81. The highest BCUT2D eigenvalue weighted by molar-refractivity contribution is 5.63. The molecule has 1 aromatic rings. The summed E-state index contributed by atoms with van der Waals surface area (Å²) in [6.45, 7) is 1.66. The number of rotatable bonds is 7. The average molecular weight is 265 g/mol. The summed E-state index contributed by atoms with van der Waals surface area (Å²) in [5.41, 5.74) is 3.68. The van der Waals surface area contributed by atoms with Gasteiger partial charge in [-0.3, -0.25) is 16.0 Å². The molecule has 0 bridgehead atoms. The van der Waals surface area contributed by atoms with Crippen LogP contribution in [0.25, 0.3) is 0 Å². The second-order valence-corrected chi connectivity index (χ2v) is 4.81. The van der Waals surface area contributed by atoms with Crippen LogP contribution in [0.2, 0.25) is 0 Å². The van der Waals surface area contributed by atoms with Crippen LogP contribution in [-0.2, 0) is 0 Å². The van der Waals surface area contributed by atoms with E-state index in [0.717, 1.165) is 13.1 Å². The monoisotopic (exact) mass is 265 g/mol. The molecule has 0 radical (unpaired) electrons. The SMILES string of the molecule is CN(CCNc1cc(NN)cc([N+](=O)[O-])c1)C1CC1. The summed E-state index contributed by atoms with van der Waals surface area (Å²) in [6, 6.07) is 5.39. The van der Waals surface area contributed by atoms with E-state index in [1.165, 1.54) is 25.0 Å². The van der Waals surface area contributed by atoms with Gasteiger partial charge in [0.2, 0.25) is 0 Å². The summed E-state index contributed by atoms with van der Waals surface area (Å²) in [5.74, 6) is 5.30. The van der Waals surface area contributed by atoms with Crippen LogP contribution in [0.1, 0.15) is 12.8 Å². The lowest BCUT2D eigenvalue weighted by atomic mass is 10.2. The van der Waals surface area contributed by atoms with Crippen LogP contribution in [0.4, 0.5) is 17.1 Å². The van der Waals surface area contributed by atoms with Crippen LogP contribution in [-0.4, -0.2) is 36.0 Å². The van der Waals surface area contributed by atoms with E-state index in [-0.39, 0.29) is 5.69 Å². The van der Waals surface area contributed by atoms with Gasteiger partial charge in [0.1, 0.15) is 0 Å². The highest BCUT2D eigenvalue weighted by atomic mass is 16.6. The Balaban J connectivity index is 1.94. The van der Waals surface area contributed by atoms with Gasteiger partial charge in [0.15, 0.2) is 0 Å². The van der Waals surface area contributed by atoms with Crippen molar-refractivity contribution in [3.05, 3.63) is 28.3 Å². The van der Waals surface area contributed by atoms with Crippen molar-refractivity contribution in [3.63, 3.8) is 0 Å². The highest BCUT2D eigenvalue weighted by Gasteiger charge is 2.25. The fraction of sp³-hybridized carbons (Fsp3) is 0.500. The maximum Gasteiger partial charge on any atom is 0.273 e. The van der Waals surface area contributed by atoms with Crippen LogP contribution in [0.5, 0.6) is 0 Å². The molecule has 0 unspecified atom stereocenters. The number of nitrogens with one attached hydrogen (secondary N) is 2. The molecule has 1 aromatic carbocycles. The van der Waals surface area contributed by atoms with Gasteiger partial charge in [-0.25, -0.2) is 0 Å². The van der Waals surface area contributed by atoms with E-state index in [4.69, 9.17) is 5.84 Å². The van der Waals surface area contributed by atoms with E-state index >= 15 is 0 Å². The number of hydrogen-bond donors (Lipinski definition) is 3. The minimum absolute atomic E-state index is 0.0218. The molecule has 0 heterocycles. The quantitative estimate of drug-likeness (QED) is 0.391. The first kappa shape index (κ1) is 13.6. The van der Waals surface area contributed by atoms with E-state index in [1.54, 1.807) is 6.07 Å². The Bertz CT molecular complexity index is 461. The molecule has 0 saturated heterocycles. The van der Waals surface area contributed by atoms with Crippen LogP contribution in [0.15, 0.2) is 18.2 Å². The molecule has 19 heavy (non-hydrogen) atoms. The maximum atomic E-state index is 10.8. The van der Waals surface area contributed by atoms with E-state index < -0.39 is 4.92 Å². The zero-order chi connectivity index (χ0) is 13.8. The molecule has 2 rings (SSSR count). The first-order valence-corrected chi connectivity index (χ1v) is 6.30. The number of non-ortho nitro benzene ring substituents is 1. The first-order chi connectivity index (χ1) is 9.10. The van der Waals surface area contributed by atoms with Gasteiger partial charge in [-0.05, 0) is 26.0 Å². The summed E-state index contributed by atoms with van der Waals surface area (Å²) in [5, 5.41) is 14.0. The number of nitro groups is 1. The summed E-state index contributed by atoms with van der Waals surface area (Å²) < 4.78 is 0. The molecule has 1 fully saturated rings. The number of likely N-dealkylation sites (N-methyl/N-ethyl adjacent to an activating group) is 1. The van der Waals surface area contributed by atoms with Crippen molar-refractivity contribution in [1.82, 2.24) is 4.90 Å². The van der Waals surface area contributed by atoms with E-state index in [1.807, 2.05) is 0 Å². The summed E-state index contributed by atoms with van der Waals surface area (Å²) in [7, 11) is 2.10. The summed E-state index contributed by atoms with van der Waals surface area (Å²) in [4.78, 5) is 12.7. The van der Waals surface area contributed by atoms with Gasteiger partial charge in [-0.1, -0.05) is 0 Å². The lowest BCUT2D eigenvalue weighted by Crippen LogP contribution is -2.27. The third kappa shape index (κ3) is 3.80. The molecule has 7 heteroatoms. The molecular formula is C12H19N5O2. The molecule has 1 aliphatic carbocycles. The first-order valence-electron chi connectivity index (χ1n) is 6.30. The molecule has 0 amide bonds. The zero-order valence-corrected chi connectivity index (χ0v) is 10.9. The van der Waals surface area contributed by atoms with Crippen molar-refractivity contribution in [2.45, 2.75) is 18.9 Å². The minimum Gasteiger partial charge on any atom is -0.383 e. The molecular weight excluding hydrogens is 246 g/mol. The van der Waals surface area contributed by atoms with Gasteiger partial charge in [0.25, 0.3) is 5.69 Å². The largest absolute Gasteiger partial charge is 0.383 e. The second kappa shape index (κ2) is 5.85. The Labute approximate surface area is 111 Å². The Hall–Kier alpha value is -1.86. The smallest absolute Gasteiger partial charge is 0.273 e. The molecule has 104 valence electrons. The number of benzene rings is 1. The number of nitrogen functional groups attached to an aromatic ring is 1. The van der Waals surface area contributed by atoms with Crippen LogP contribution in [0.3, 0.4) is 0 Å². The molecule has 0 aromatic heterocycles. The van der Waals surface area contributed by atoms with Crippen molar-refractivity contribution in [1.29, 1.82) is 0 Å². The van der Waals surface area contributed by atoms with E-state index in [0.29, 0.717) is 17.4 Å². The molecule has 4 N–H and O–H groups in total. The maximum absolute atomic E-state index is 10.8. The fourth-order valence-electron chi connectivity index (χ4n) is 1.98. The third-order valence-corrected chi connectivity index (χ3v) is 3.26. The topological polar surface area (TPSA) is 96.5 Å². The van der Waals surface area contributed by atoms with Crippen molar-refractivity contribution < 1.29 is 4.92 Å². The van der Waals surface area contributed by atoms with E-state index in [2.05, 4.69) is 22.7 Å². The van der Waals surface area contributed by atoms with Crippen molar-refractivity contribution in [2.75, 3.05) is 30.9 Å². The Kier molecular flexibility index (Phi) is 4.18. The minimum atomic E-state index is -0.428. The summed E-state index contributed by atoms with van der Waals surface area (Å²) in [6.07, 6.45) is 2.54. The Morgan fingerprint density at radius 3 is 2.68 bits per heavy atom. The zero-order valence-electron chi connectivity index (χ0n) is 10.9. The predicted molar refractivity (Wildman–Crippen MR) is 75.0 cm³/mol. The standard InChI is InChI=1S/C12H19N5O2/c1-16(11-2-3-11)5-4-14-9-6-10(15-13)8-12(7-9)17(18)19/h6-8,11,14-15H,2-5,13H2,1H3. The number of nitrogens with zero attached hydrogens (tertiary/aromatic N) is 2. The van der Waals surface area contributed by atoms with Crippen molar-refractivity contribution in [2.24, 2.45) is 5.84 Å².